The Morgan fingerprint density at radius 2 is 1.38 bits per heavy atom. The van der Waals surface area contributed by atoms with Crippen LogP contribution in [0, 0.1) is 11.6 Å². The molecule has 150 valence electrons. The van der Waals surface area contributed by atoms with E-state index in [4.69, 9.17) is 0 Å². The van der Waals surface area contributed by atoms with Crippen LogP contribution in [0.3, 0.4) is 0 Å². The number of rotatable bonds is 8. The van der Waals surface area contributed by atoms with Gasteiger partial charge in [0, 0.05) is 0 Å². The molecule has 0 saturated carbocycles. The zero-order valence-corrected chi connectivity index (χ0v) is 17.2. The van der Waals surface area contributed by atoms with Crippen molar-refractivity contribution < 1.29 is 18.4 Å². The SMILES string of the molecule is O=C(CSc1nsc(SCC(=O)Nc2ccccc2F)n1)Nc1ccccc1F. The quantitative estimate of drug-likeness (QED) is 0.497. The van der Waals surface area contributed by atoms with Crippen LogP contribution in [-0.4, -0.2) is 32.7 Å². The van der Waals surface area contributed by atoms with Gasteiger partial charge in [-0.15, -0.1) is 0 Å². The minimum Gasteiger partial charge on any atom is -0.323 e. The van der Waals surface area contributed by atoms with Crippen molar-refractivity contribution in [3.05, 3.63) is 60.2 Å². The summed E-state index contributed by atoms with van der Waals surface area (Å²) in [6.45, 7) is 0. The number of aromatic nitrogens is 2. The highest BCUT2D eigenvalue weighted by molar-refractivity contribution is 8.02. The van der Waals surface area contributed by atoms with E-state index in [1.54, 1.807) is 12.1 Å². The zero-order valence-electron chi connectivity index (χ0n) is 14.7. The predicted octanol–water partition coefficient (Wildman–Crippen LogP) is 4.28. The van der Waals surface area contributed by atoms with Crippen molar-refractivity contribution in [3.8, 4) is 0 Å². The number of nitrogens with zero attached hydrogens (tertiary/aromatic N) is 2. The second kappa shape index (κ2) is 10.3. The Kier molecular flexibility index (Phi) is 7.55. The number of carbonyl (C=O) groups is 2. The second-order valence-corrected chi connectivity index (χ2v) is 8.39. The Morgan fingerprint density at radius 3 is 1.93 bits per heavy atom. The number of nitrogens with one attached hydrogen (secondary N) is 2. The van der Waals surface area contributed by atoms with E-state index < -0.39 is 11.6 Å². The highest BCUT2D eigenvalue weighted by Crippen LogP contribution is 2.25. The molecular weight excluding hydrogens is 438 g/mol. The van der Waals surface area contributed by atoms with Gasteiger partial charge in [-0.25, -0.2) is 13.8 Å². The first-order chi connectivity index (χ1) is 14.0. The molecule has 3 aromatic rings. The van der Waals surface area contributed by atoms with Gasteiger partial charge in [-0.3, -0.25) is 9.59 Å². The minimum absolute atomic E-state index is 0.0168. The first-order valence-corrected chi connectivity index (χ1v) is 10.9. The zero-order chi connectivity index (χ0) is 20.6. The van der Waals surface area contributed by atoms with Crippen LogP contribution in [0.25, 0.3) is 0 Å². The summed E-state index contributed by atoms with van der Waals surface area (Å²) >= 11 is 3.36. The number of halogens is 2. The molecule has 0 saturated heterocycles. The Balaban J connectivity index is 1.43. The maximum atomic E-state index is 13.5. The molecule has 0 aliphatic heterocycles. The lowest BCUT2D eigenvalue weighted by Gasteiger charge is -2.05. The van der Waals surface area contributed by atoms with E-state index in [9.17, 15) is 18.4 Å². The highest BCUT2D eigenvalue weighted by atomic mass is 32.2. The van der Waals surface area contributed by atoms with Crippen molar-refractivity contribution in [2.75, 3.05) is 22.1 Å². The standard InChI is InChI=1S/C18H14F2N4O2S3/c19-11-5-1-3-7-13(11)21-15(25)9-27-17-23-18(29-24-17)28-10-16(26)22-14-8-4-2-6-12(14)20/h1-8H,9-10H2,(H,21,25)(H,22,26). The van der Waals surface area contributed by atoms with Crippen molar-refractivity contribution in [2.45, 2.75) is 9.50 Å². The van der Waals surface area contributed by atoms with Crippen LogP contribution in [-0.2, 0) is 9.59 Å². The average Bonchev–Trinajstić information content (AvgIpc) is 3.16. The van der Waals surface area contributed by atoms with E-state index in [1.807, 2.05) is 0 Å². The van der Waals surface area contributed by atoms with Crippen LogP contribution in [0.4, 0.5) is 20.2 Å². The van der Waals surface area contributed by atoms with Gasteiger partial charge in [-0.1, -0.05) is 47.8 Å². The van der Waals surface area contributed by atoms with Crippen LogP contribution in [0.15, 0.2) is 58.0 Å². The van der Waals surface area contributed by atoms with Crippen molar-refractivity contribution in [3.63, 3.8) is 0 Å². The molecule has 29 heavy (non-hydrogen) atoms. The topological polar surface area (TPSA) is 84.0 Å². The Morgan fingerprint density at radius 1 is 0.862 bits per heavy atom. The van der Waals surface area contributed by atoms with Gasteiger partial charge in [-0.2, -0.15) is 4.37 Å². The van der Waals surface area contributed by atoms with Crippen LogP contribution in [0.5, 0.6) is 0 Å². The number of hydrogen-bond acceptors (Lipinski definition) is 7. The molecule has 2 aromatic carbocycles. The van der Waals surface area contributed by atoms with Crippen LogP contribution < -0.4 is 10.6 Å². The smallest absolute Gasteiger partial charge is 0.234 e. The molecule has 0 atom stereocenters. The lowest BCUT2D eigenvalue weighted by molar-refractivity contribution is -0.114. The summed E-state index contributed by atoms with van der Waals surface area (Å²) in [5.41, 5.74) is 0.230. The Labute approximate surface area is 177 Å². The van der Waals surface area contributed by atoms with E-state index in [0.29, 0.717) is 9.50 Å². The fourth-order valence-corrected chi connectivity index (χ4v) is 4.30. The Hall–Kier alpha value is -2.50. The molecule has 0 aliphatic carbocycles. The third-order valence-corrected chi connectivity index (χ3v) is 6.14. The number of para-hydroxylation sites is 2. The molecule has 0 spiro atoms. The van der Waals surface area contributed by atoms with E-state index in [1.165, 1.54) is 36.4 Å². The maximum Gasteiger partial charge on any atom is 0.234 e. The van der Waals surface area contributed by atoms with Gasteiger partial charge in [0.1, 0.15) is 11.6 Å². The number of hydrogen-bond donors (Lipinski definition) is 2. The summed E-state index contributed by atoms with van der Waals surface area (Å²) < 4.78 is 31.7. The lowest BCUT2D eigenvalue weighted by Crippen LogP contribution is -2.15. The highest BCUT2D eigenvalue weighted by Gasteiger charge is 2.12. The number of carbonyl (C=O) groups excluding carboxylic acids is 2. The van der Waals surface area contributed by atoms with Gasteiger partial charge in [0.25, 0.3) is 0 Å². The number of amides is 2. The monoisotopic (exact) mass is 452 g/mol. The van der Waals surface area contributed by atoms with Crippen molar-refractivity contribution in [1.29, 1.82) is 0 Å². The lowest BCUT2D eigenvalue weighted by atomic mass is 10.3. The summed E-state index contributed by atoms with van der Waals surface area (Å²) in [6.07, 6.45) is 0. The molecule has 11 heteroatoms. The maximum absolute atomic E-state index is 13.5. The van der Waals surface area contributed by atoms with Crippen molar-refractivity contribution in [2.24, 2.45) is 0 Å². The van der Waals surface area contributed by atoms with Gasteiger partial charge in [0.2, 0.25) is 17.0 Å². The number of thioether (sulfide) groups is 2. The summed E-state index contributed by atoms with van der Waals surface area (Å²) in [5.74, 6) is -1.70. The molecule has 3 rings (SSSR count). The van der Waals surface area contributed by atoms with E-state index >= 15 is 0 Å². The number of benzene rings is 2. The average molecular weight is 453 g/mol. The van der Waals surface area contributed by atoms with Gasteiger partial charge in [0.05, 0.1) is 22.9 Å². The molecule has 0 unspecified atom stereocenters. The molecule has 1 heterocycles. The first kappa shape index (κ1) is 21.2. The Bertz CT molecular complexity index is 938. The van der Waals surface area contributed by atoms with Crippen LogP contribution in [0.1, 0.15) is 0 Å². The largest absolute Gasteiger partial charge is 0.323 e. The van der Waals surface area contributed by atoms with Crippen LogP contribution >= 0.6 is 35.1 Å². The van der Waals surface area contributed by atoms with E-state index in [2.05, 4.69) is 20.0 Å². The molecule has 0 fully saturated rings. The first-order valence-electron chi connectivity index (χ1n) is 8.19. The molecule has 2 amide bonds. The predicted molar refractivity (Wildman–Crippen MR) is 111 cm³/mol. The van der Waals surface area contributed by atoms with Crippen molar-refractivity contribution >= 4 is 58.2 Å². The minimum atomic E-state index is -0.509. The molecule has 0 bridgehead atoms. The molecule has 0 aliphatic rings. The molecular formula is C18H14F2N4O2S3. The molecule has 1 aromatic heterocycles. The van der Waals surface area contributed by atoms with E-state index in [-0.39, 0.29) is 34.7 Å². The van der Waals surface area contributed by atoms with Crippen LogP contribution in [0.2, 0.25) is 0 Å². The van der Waals surface area contributed by atoms with Gasteiger partial charge in [-0.05, 0) is 35.8 Å². The van der Waals surface area contributed by atoms with Gasteiger partial charge >= 0.3 is 0 Å². The normalized spacial score (nSPS) is 10.6. The summed E-state index contributed by atoms with van der Waals surface area (Å²) in [6, 6.07) is 11.8. The third kappa shape index (κ3) is 6.51. The molecule has 2 N–H and O–H groups in total. The summed E-state index contributed by atoms with van der Waals surface area (Å²) in [5, 5.41) is 5.35. The fraction of sp³-hybridized carbons (Fsp3) is 0.111. The van der Waals surface area contributed by atoms with Gasteiger partial charge < -0.3 is 10.6 Å². The fourth-order valence-electron chi connectivity index (χ4n) is 2.07. The number of anilines is 2. The molecule has 6 nitrogen and oxygen atoms in total. The van der Waals surface area contributed by atoms with Crippen molar-refractivity contribution in [1.82, 2.24) is 9.36 Å². The van der Waals surface area contributed by atoms with Gasteiger partial charge in [0.15, 0.2) is 4.34 Å². The summed E-state index contributed by atoms with van der Waals surface area (Å²) in [4.78, 5) is 28.1. The summed E-state index contributed by atoms with van der Waals surface area (Å²) in [7, 11) is 0. The molecule has 0 radical (unpaired) electrons. The third-order valence-electron chi connectivity index (χ3n) is 3.34. The second-order valence-electron chi connectivity index (χ2n) is 5.48. The van der Waals surface area contributed by atoms with E-state index in [0.717, 1.165) is 35.1 Å².